The standard InChI is InChI=1S/C23H33N5O3/c24-23-26-21-20(22(29)27-23)25-17-28(21)18-31-15-11-6-4-2-1-3-5-10-14-30-16-19-12-8-7-9-13-19/h7-9,12-13,17H,1-6,10-11,14-16,18H2,(H3,24,26,27,29). The predicted octanol–water partition coefficient (Wildman–Crippen LogP) is 4.01. The van der Waals surface area contributed by atoms with Gasteiger partial charge in [0.1, 0.15) is 6.73 Å². The SMILES string of the molecule is Nc1nc2c(ncn2COCCCCCCCCCCOCc2ccccc2)c(=O)[nH]1. The molecule has 0 amide bonds. The second kappa shape index (κ2) is 12.9. The molecule has 168 valence electrons. The molecule has 0 bridgehead atoms. The summed E-state index contributed by atoms with van der Waals surface area (Å²) >= 11 is 0. The Bertz CT molecular complexity index is 955. The highest BCUT2D eigenvalue weighted by atomic mass is 16.5. The lowest BCUT2D eigenvalue weighted by molar-refractivity contribution is 0.0759. The number of aromatic nitrogens is 4. The lowest BCUT2D eigenvalue weighted by atomic mass is 10.1. The monoisotopic (exact) mass is 427 g/mol. The molecule has 2 aromatic heterocycles. The van der Waals surface area contributed by atoms with E-state index in [4.69, 9.17) is 15.2 Å². The number of anilines is 1. The highest BCUT2D eigenvalue weighted by Gasteiger charge is 2.08. The minimum Gasteiger partial charge on any atom is -0.377 e. The van der Waals surface area contributed by atoms with Gasteiger partial charge in [0.05, 0.1) is 12.9 Å². The van der Waals surface area contributed by atoms with Gasteiger partial charge in [0.25, 0.3) is 5.56 Å². The Morgan fingerprint density at radius 3 is 2.26 bits per heavy atom. The maximum absolute atomic E-state index is 11.8. The molecular formula is C23H33N5O3. The lowest BCUT2D eigenvalue weighted by Gasteiger charge is -2.06. The van der Waals surface area contributed by atoms with Crippen LogP contribution in [0.5, 0.6) is 0 Å². The molecule has 3 rings (SSSR count). The summed E-state index contributed by atoms with van der Waals surface area (Å²) in [4.78, 5) is 22.4. The molecule has 1 aromatic carbocycles. The van der Waals surface area contributed by atoms with Crippen molar-refractivity contribution in [3.05, 3.63) is 52.6 Å². The number of hydrogen-bond donors (Lipinski definition) is 2. The Balaban J connectivity index is 1.13. The van der Waals surface area contributed by atoms with Crippen molar-refractivity contribution in [2.24, 2.45) is 0 Å². The molecule has 0 saturated carbocycles. The zero-order chi connectivity index (χ0) is 21.7. The summed E-state index contributed by atoms with van der Waals surface area (Å²) in [6.45, 7) is 2.55. The van der Waals surface area contributed by atoms with E-state index in [9.17, 15) is 4.79 Å². The van der Waals surface area contributed by atoms with Crippen LogP contribution in [-0.2, 0) is 22.8 Å². The van der Waals surface area contributed by atoms with Gasteiger partial charge in [-0.25, -0.2) is 4.98 Å². The molecule has 31 heavy (non-hydrogen) atoms. The minimum atomic E-state index is -0.332. The maximum Gasteiger partial charge on any atom is 0.280 e. The third-order valence-electron chi connectivity index (χ3n) is 5.16. The molecule has 0 fully saturated rings. The molecule has 0 spiro atoms. The van der Waals surface area contributed by atoms with Crippen LogP contribution in [-0.4, -0.2) is 32.7 Å². The Morgan fingerprint density at radius 2 is 1.55 bits per heavy atom. The van der Waals surface area contributed by atoms with Gasteiger partial charge >= 0.3 is 0 Å². The number of hydrogen-bond acceptors (Lipinski definition) is 6. The molecule has 3 N–H and O–H groups in total. The molecule has 2 heterocycles. The topological polar surface area (TPSA) is 108 Å². The van der Waals surface area contributed by atoms with Gasteiger partial charge in [0.2, 0.25) is 5.95 Å². The van der Waals surface area contributed by atoms with E-state index in [0.29, 0.717) is 25.6 Å². The second-order valence-electron chi connectivity index (χ2n) is 7.74. The van der Waals surface area contributed by atoms with E-state index in [0.717, 1.165) is 25.9 Å². The molecule has 0 atom stereocenters. The number of nitrogens with one attached hydrogen (secondary N) is 1. The van der Waals surface area contributed by atoms with Crippen LogP contribution in [0.25, 0.3) is 11.2 Å². The Morgan fingerprint density at radius 1 is 0.903 bits per heavy atom. The zero-order valence-corrected chi connectivity index (χ0v) is 18.1. The maximum atomic E-state index is 11.8. The van der Waals surface area contributed by atoms with Crippen LogP contribution in [0.3, 0.4) is 0 Å². The van der Waals surface area contributed by atoms with Crippen LogP contribution in [0, 0.1) is 0 Å². The number of benzene rings is 1. The number of nitrogens with two attached hydrogens (primary N) is 1. The summed E-state index contributed by atoms with van der Waals surface area (Å²) < 4.78 is 13.1. The van der Waals surface area contributed by atoms with Gasteiger partial charge in [-0.3, -0.25) is 14.3 Å². The average Bonchev–Trinajstić information content (AvgIpc) is 3.17. The number of nitrogen functional groups attached to an aromatic ring is 1. The van der Waals surface area contributed by atoms with E-state index in [1.54, 1.807) is 10.9 Å². The number of nitrogens with zero attached hydrogens (tertiary/aromatic N) is 3. The fraction of sp³-hybridized carbons (Fsp3) is 0.522. The van der Waals surface area contributed by atoms with Crippen molar-refractivity contribution in [2.45, 2.75) is 64.7 Å². The highest BCUT2D eigenvalue weighted by Crippen LogP contribution is 2.10. The van der Waals surface area contributed by atoms with Crippen LogP contribution in [0.15, 0.2) is 41.5 Å². The van der Waals surface area contributed by atoms with Gasteiger partial charge in [-0.05, 0) is 18.4 Å². The summed E-state index contributed by atoms with van der Waals surface area (Å²) in [6.07, 6.45) is 11.2. The first kappa shape index (κ1) is 23.0. The number of rotatable bonds is 15. The van der Waals surface area contributed by atoms with E-state index >= 15 is 0 Å². The van der Waals surface area contributed by atoms with Crippen molar-refractivity contribution in [1.29, 1.82) is 0 Å². The fourth-order valence-electron chi connectivity index (χ4n) is 3.46. The third kappa shape index (κ3) is 7.80. The Hall–Kier alpha value is -2.71. The number of aromatic amines is 1. The molecule has 0 aliphatic heterocycles. The molecule has 0 saturated heterocycles. The van der Waals surface area contributed by atoms with Gasteiger partial charge in [0.15, 0.2) is 11.2 Å². The number of unbranched alkanes of at least 4 members (excludes halogenated alkanes) is 7. The first-order chi connectivity index (χ1) is 15.2. The summed E-state index contributed by atoms with van der Waals surface area (Å²) in [5, 5.41) is 0. The quantitative estimate of drug-likeness (QED) is 0.355. The Labute approximate surface area is 182 Å². The number of fused-ring (bicyclic) bond motifs is 1. The lowest BCUT2D eigenvalue weighted by Crippen LogP contribution is -2.12. The molecule has 8 nitrogen and oxygen atoms in total. The summed E-state index contributed by atoms with van der Waals surface area (Å²) in [6, 6.07) is 10.3. The van der Waals surface area contributed by atoms with Crippen LogP contribution in [0.1, 0.15) is 56.9 Å². The van der Waals surface area contributed by atoms with Gasteiger partial charge in [-0.2, -0.15) is 4.98 Å². The van der Waals surface area contributed by atoms with E-state index in [1.165, 1.54) is 37.7 Å². The largest absolute Gasteiger partial charge is 0.377 e. The van der Waals surface area contributed by atoms with E-state index in [1.807, 2.05) is 18.2 Å². The molecule has 0 aliphatic rings. The van der Waals surface area contributed by atoms with Gasteiger partial charge in [-0.1, -0.05) is 68.9 Å². The third-order valence-corrected chi connectivity index (χ3v) is 5.16. The fourth-order valence-corrected chi connectivity index (χ4v) is 3.46. The summed E-state index contributed by atoms with van der Waals surface area (Å²) in [5.74, 6) is 0.0824. The van der Waals surface area contributed by atoms with Gasteiger partial charge in [-0.15, -0.1) is 0 Å². The molecule has 0 aliphatic carbocycles. The molecular weight excluding hydrogens is 394 g/mol. The van der Waals surface area contributed by atoms with Crippen LogP contribution < -0.4 is 11.3 Å². The van der Waals surface area contributed by atoms with E-state index in [2.05, 4.69) is 27.1 Å². The highest BCUT2D eigenvalue weighted by molar-refractivity contribution is 5.70. The Kier molecular flexibility index (Phi) is 9.53. The van der Waals surface area contributed by atoms with Crippen molar-refractivity contribution < 1.29 is 9.47 Å². The first-order valence-electron chi connectivity index (χ1n) is 11.1. The van der Waals surface area contributed by atoms with Crippen molar-refractivity contribution in [3.8, 4) is 0 Å². The predicted molar refractivity (Wildman–Crippen MR) is 122 cm³/mol. The van der Waals surface area contributed by atoms with Crippen molar-refractivity contribution >= 4 is 17.1 Å². The van der Waals surface area contributed by atoms with Crippen molar-refractivity contribution in [2.75, 3.05) is 18.9 Å². The van der Waals surface area contributed by atoms with Crippen LogP contribution >= 0.6 is 0 Å². The summed E-state index contributed by atoms with van der Waals surface area (Å²) in [5.41, 5.74) is 7.23. The number of imidazole rings is 1. The van der Waals surface area contributed by atoms with E-state index in [-0.39, 0.29) is 17.0 Å². The second-order valence-corrected chi connectivity index (χ2v) is 7.74. The molecule has 0 radical (unpaired) electrons. The van der Waals surface area contributed by atoms with Crippen LogP contribution in [0.4, 0.5) is 5.95 Å². The molecule has 0 unspecified atom stereocenters. The van der Waals surface area contributed by atoms with Crippen LogP contribution in [0.2, 0.25) is 0 Å². The smallest absolute Gasteiger partial charge is 0.280 e. The first-order valence-corrected chi connectivity index (χ1v) is 11.1. The zero-order valence-electron chi connectivity index (χ0n) is 18.1. The van der Waals surface area contributed by atoms with Gasteiger partial charge < -0.3 is 15.2 Å². The van der Waals surface area contributed by atoms with Crippen molar-refractivity contribution in [3.63, 3.8) is 0 Å². The van der Waals surface area contributed by atoms with E-state index < -0.39 is 0 Å². The normalized spacial score (nSPS) is 11.4. The van der Waals surface area contributed by atoms with Gasteiger partial charge in [0, 0.05) is 13.2 Å². The summed E-state index contributed by atoms with van der Waals surface area (Å²) in [7, 11) is 0. The number of ether oxygens (including phenoxy) is 2. The molecule has 8 heteroatoms. The molecule has 3 aromatic rings. The average molecular weight is 428 g/mol. The minimum absolute atomic E-state index is 0.0824. The van der Waals surface area contributed by atoms with Crippen molar-refractivity contribution in [1.82, 2.24) is 19.5 Å². The number of H-pyrrole nitrogens is 1.